The maximum Gasteiger partial charge on any atom is 0.325 e. The number of carboxylic acids is 1. The Morgan fingerprint density at radius 2 is 1.79 bits per heavy atom. The fourth-order valence-electron chi connectivity index (χ4n) is 1.38. The zero-order valence-corrected chi connectivity index (χ0v) is 10.4. The lowest BCUT2D eigenvalue weighted by atomic mass is 10.1. The van der Waals surface area contributed by atoms with Crippen molar-refractivity contribution in [1.29, 1.82) is 0 Å². The molecule has 0 aliphatic carbocycles. The number of hydrogen-bond donors (Lipinski definition) is 2. The van der Waals surface area contributed by atoms with Crippen molar-refractivity contribution >= 4 is 17.7 Å². The lowest BCUT2D eigenvalue weighted by molar-refractivity contribution is -0.141. The van der Waals surface area contributed by atoms with Crippen molar-refractivity contribution in [2.75, 3.05) is 0 Å². The van der Waals surface area contributed by atoms with Gasteiger partial charge in [0.2, 0.25) is 5.91 Å². The Balaban J connectivity index is 2.44. The minimum Gasteiger partial charge on any atom is -0.480 e. The van der Waals surface area contributed by atoms with E-state index in [-0.39, 0.29) is 18.6 Å². The normalized spacial score (nSPS) is 11.7. The average Bonchev–Trinajstić information content (AvgIpc) is 2.36. The highest BCUT2D eigenvalue weighted by Gasteiger charge is 2.15. The van der Waals surface area contributed by atoms with E-state index in [2.05, 4.69) is 5.32 Å². The topological polar surface area (TPSA) is 83.5 Å². The standard InChI is InChI=1S/C13H14FNO4/c1-8(13(18)19)15-12(17)7-6-11(16)9-2-4-10(14)5-3-9/h2-5,8H,6-7H2,1H3,(H,15,17)(H,18,19)/t8-/m0/s1. The Bertz CT molecular complexity index is 484. The van der Waals surface area contributed by atoms with Crippen molar-refractivity contribution < 1.29 is 23.9 Å². The number of benzene rings is 1. The molecule has 0 aliphatic rings. The van der Waals surface area contributed by atoms with Gasteiger partial charge >= 0.3 is 5.97 Å². The third-order valence-electron chi connectivity index (χ3n) is 2.49. The highest BCUT2D eigenvalue weighted by atomic mass is 19.1. The molecule has 2 N–H and O–H groups in total. The van der Waals surface area contributed by atoms with E-state index in [0.29, 0.717) is 5.56 Å². The molecule has 0 bridgehead atoms. The highest BCUT2D eigenvalue weighted by molar-refractivity contribution is 5.98. The van der Waals surface area contributed by atoms with E-state index < -0.39 is 23.7 Å². The van der Waals surface area contributed by atoms with Gasteiger partial charge in [0.05, 0.1) is 0 Å². The van der Waals surface area contributed by atoms with Crippen LogP contribution in [0.15, 0.2) is 24.3 Å². The van der Waals surface area contributed by atoms with Crippen molar-refractivity contribution in [3.8, 4) is 0 Å². The number of halogens is 1. The number of nitrogens with one attached hydrogen (secondary N) is 1. The predicted octanol–water partition coefficient (Wildman–Crippen LogP) is 1.38. The fraction of sp³-hybridized carbons (Fsp3) is 0.308. The first-order valence-electron chi connectivity index (χ1n) is 5.71. The second-order valence-electron chi connectivity index (χ2n) is 4.06. The molecular weight excluding hydrogens is 253 g/mol. The summed E-state index contributed by atoms with van der Waals surface area (Å²) in [5.41, 5.74) is 0.320. The van der Waals surface area contributed by atoms with Gasteiger partial charge in [-0.15, -0.1) is 0 Å². The number of rotatable bonds is 6. The van der Waals surface area contributed by atoms with Gasteiger partial charge in [-0.25, -0.2) is 4.39 Å². The molecule has 0 fully saturated rings. The van der Waals surface area contributed by atoms with Crippen LogP contribution < -0.4 is 5.32 Å². The number of carbonyl (C=O) groups is 3. The minimum absolute atomic E-state index is 0.0518. The third-order valence-corrected chi connectivity index (χ3v) is 2.49. The van der Waals surface area contributed by atoms with Crippen molar-refractivity contribution in [2.24, 2.45) is 0 Å². The Hall–Kier alpha value is -2.24. The quantitative estimate of drug-likeness (QED) is 0.763. The molecule has 1 amide bonds. The molecule has 0 aromatic heterocycles. The van der Waals surface area contributed by atoms with Crippen LogP contribution in [-0.4, -0.2) is 28.8 Å². The molecule has 1 aromatic carbocycles. The molecular formula is C13H14FNO4. The molecule has 19 heavy (non-hydrogen) atoms. The fourth-order valence-corrected chi connectivity index (χ4v) is 1.38. The van der Waals surface area contributed by atoms with Gasteiger partial charge in [0, 0.05) is 18.4 Å². The van der Waals surface area contributed by atoms with Gasteiger partial charge in [-0.05, 0) is 31.2 Å². The van der Waals surface area contributed by atoms with Gasteiger partial charge in [0.25, 0.3) is 0 Å². The molecule has 6 heteroatoms. The lowest BCUT2D eigenvalue weighted by Gasteiger charge is -2.08. The molecule has 0 saturated heterocycles. The van der Waals surface area contributed by atoms with E-state index in [1.54, 1.807) is 0 Å². The number of aliphatic carboxylic acids is 1. The Morgan fingerprint density at radius 3 is 2.32 bits per heavy atom. The van der Waals surface area contributed by atoms with E-state index in [1.807, 2.05) is 0 Å². The summed E-state index contributed by atoms with van der Waals surface area (Å²) in [6.45, 7) is 1.34. The lowest BCUT2D eigenvalue weighted by Crippen LogP contribution is -2.38. The number of carboxylic acid groups (broad SMARTS) is 1. The van der Waals surface area contributed by atoms with Crippen molar-refractivity contribution in [3.05, 3.63) is 35.6 Å². The summed E-state index contributed by atoms with van der Waals surface area (Å²) in [4.78, 5) is 33.5. The van der Waals surface area contributed by atoms with E-state index in [0.717, 1.165) is 0 Å². The van der Waals surface area contributed by atoms with Crippen LogP contribution in [0.3, 0.4) is 0 Å². The van der Waals surface area contributed by atoms with Crippen LogP contribution in [0.2, 0.25) is 0 Å². The molecule has 0 heterocycles. The van der Waals surface area contributed by atoms with Crippen LogP contribution in [0, 0.1) is 5.82 Å². The molecule has 0 unspecified atom stereocenters. The van der Waals surface area contributed by atoms with Crippen LogP contribution in [-0.2, 0) is 9.59 Å². The first kappa shape index (κ1) is 14.8. The van der Waals surface area contributed by atoms with E-state index >= 15 is 0 Å². The molecule has 1 atom stereocenters. The summed E-state index contributed by atoms with van der Waals surface area (Å²) >= 11 is 0. The van der Waals surface area contributed by atoms with Crippen LogP contribution in [0.5, 0.6) is 0 Å². The molecule has 102 valence electrons. The molecule has 1 aromatic rings. The van der Waals surface area contributed by atoms with Crippen LogP contribution >= 0.6 is 0 Å². The smallest absolute Gasteiger partial charge is 0.325 e. The molecule has 0 spiro atoms. The average molecular weight is 267 g/mol. The largest absolute Gasteiger partial charge is 0.480 e. The Labute approximate surface area is 109 Å². The summed E-state index contributed by atoms with van der Waals surface area (Å²) < 4.78 is 12.7. The molecule has 0 saturated carbocycles. The Morgan fingerprint density at radius 1 is 1.21 bits per heavy atom. The van der Waals surface area contributed by atoms with Crippen molar-refractivity contribution in [2.45, 2.75) is 25.8 Å². The maximum absolute atomic E-state index is 12.7. The number of hydrogen-bond acceptors (Lipinski definition) is 3. The number of ketones is 1. The van der Waals surface area contributed by atoms with E-state index in [1.165, 1.54) is 31.2 Å². The third kappa shape index (κ3) is 4.87. The van der Waals surface area contributed by atoms with E-state index in [4.69, 9.17) is 5.11 Å². The molecule has 5 nitrogen and oxygen atoms in total. The summed E-state index contributed by atoms with van der Waals surface area (Å²) in [6.07, 6.45) is -0.155. The van der Waals surface area contributed by atoms with Gasteiger partial charge in [0.15, 0.2) is 5.78 Å². The highest BCUT2D eigenvalue weighted by Crippen LogP contribution is 2.07. The first-order chi connectivity index (χ1) is 8.90. The van der Waals surface area contributed by atoms with Gasteiger partial charge in [-0.3, -0.25) is 14.4 Å². The van der Waals surface area contributed by atoms with Gasteiger partial charge < -0.3 is 10.4 Å². The van der Waals surface area contributed by atoms with Crippen LogP contribution in [0.4, 0.5) is 4.39 Å². The molecule has 0 aliphatic heterocycles. The number of carbonyl (C=O) groups excluding carboxylic acids is 2. The molecule has 1 rings (SSSR count). The van der Waals surface area contributed by atoms with Crippen LogP contribution in [0.25, 0.3) is 0 Å². The summed E-state index contributed by atoms with van der Waals surface area (Å²) in [5.74, 6) is -2.38. The maximum atomic E-state index is 12.7. The zero-order chi connectivity index (χ0) is 14.4. The number of Topliss-reactive ketones (excluding diaryl/α,β-unsaturated/α-hetero) is 1. The molecule has 0 radical (unpaired) electrons. The van der Waals surface area contributed by atoms with Crippen LogP contribution in [0.1, 0.15) is 30.1 Å². The summed E-state index contributed by atoms with van der Waals surface area (Å²) in [6, 6.07) is 4.03. The summed E-state index contributed by atoms with van der Waals surface area (Å²) in [7, 11) is 0. The first-order valence-corrected chi connectivity index (χ1v) is 5.71. The van der Waals surface area contributed by atoms with Crippen molar-refractivity contribution in [3.63, 3.8) is 0 Å². The monoisotopic (exact) mass is 267 g/mol. The van der Waals surface area contributed by atoms with Crippen molar-refractivity contribution in [1.82, 2.24) is 5.32 Å². The second-order valence-corrected chi connectivity index (χ2v) is 4.06. The Kier molecular flexibility index (Phi) is 5.17. The van der Waals surface area contributed by atoms with Gasteiger partial charge in [0.1, 0.15) is 11.9 Å². The zero-order valence-electron chi connectivity index (χ0n) is 10.4. The summed E-state index contributed by atoms with van der Waals surface area (Å²) in [5, 5.41) is 10.8. The number of amides is 1. The minimum atomic E-state index is -1.14. The predicted molar refractivity (Wildman–Crippen MR) is 65.2 cm³/mol. The van der Waals surface area contributed by atoms with Gasteiger partial charge in [-0.2, -0.15) is 0 Å². The SMILES string of the molecule is C[C@H](NC(=O)CCC(=O)c1ccc(F)cc1)C(=O)O. The second kappa shape index (κ2) is 6.63. The van der Waals surface area contributed by atoms with E-state index in [9.17, 15) is 18.8 Å². The van der Waals surface area contributed by atoms with Gasteiger partial charge in [-0.1, -0.05) is 0 Å².